The van der Waals surface area contributed by atoms with Crippen molar-refractivity contribution in [2.45, 2.75) is 12.8 Å². The van der Waals surface area contributed by atoms with Crippen LogP contribution in [0.3, 0.4) is 0 Å². The van der Waals surface area contributed by atoms with Gasteiger partial charge < -0.3 is 0 Å². The zero-order valence-electron chi connectivity index (χ0n) is 12.8. The standard InChI is InChI=1S/C15H14ClFN2O4S2/c16-13-10-2-1-9(17)6-11(10)24-14(13)15(21)19-18-12(20)5-8-3-4-25(22,23)7-8/h1-2,6,8H,3-5,7H2,(H,18,20)(H,19,21)/t8-/m0/s1. The first kappa shape index (κ1) is 18.1. The van der Waals surface area contributed by atoms with Crippen LogP contribution in [-0.4, -0.2) is 31.7 Å². The molecule has 1 atom stereocenters. The predicted molar refractivity (Wildman–Crippen MR) is 93.8 cm³/mol. The first-order valence-corrected chi connectivity index (χ1v) is 10.4. The molecule has 2 heterocycles. The molecular weight excluding hydrogens is 391 g/mol. The summed E-state index contributed by atoms with van der Waals surface area (Å²) in [4.78, 5) is 24.2. The highest BCUT2D eigenvalue weighted by Gasteiger charge is 2.29. The fourth-order valence-corrected chi connectivity index (χ4v) is 6.01. The Kier molecular flexibility index (Phi) is 4.99. The average molecular weight is 405 g/mol. The molecule has 1 fully saturated rings. The molecule has 1 aliphatic heterocycles. The molecule has 1 aliphatic rings. The fraction of sp³-hybridized carbons (Fsp3) is 0.333. The van der Waals surface area contributed by atoms with E-state index in [1.807, 2.05) is 0 Å². The van der Waals surface area contributed by atoms with Crippen molar-refractivity contribution in [3.8, 4) is 0 Å². The third-order valence-electron chi connectivity index (χ3n) is 3.91. The largest absolute Gasteiger partial charge is 0.281 e. The summed E-state index contributed by atoms with van der Waals surface area (Å²) in [6.45, 7) is 0. The third kappa shape index (κ3) is 4.10. The minimum absolute atomic E-state index is 0.0118. The highest BCUT2D eigenvalue weighted by molar-refractivity contribution is 7.91. The van der Waals surface area contributed by atoms with Crippen molar-refractivity contribution in [3.63, 3.8) is 0 Å². The number of hydrogen-bond acceptors (Lipinski definition) is 5. The molecule has 1 aromatic carbocycles. The van der Waals surface area contributed by atoms with Crippen molar-refractivity contribution in [2.75, 3.05) is 11.5 Å². The van der Waals surface area contributed by atoms with Crippen molar-refractivity contribution in [1.29, 1.82) is 0 Å². The van der Waals surface area contributed by atoms with Crippen molar-refractivity contribution in [3.05, 3.63) is 33.9 Å². The lowest BCUT2D eigenvalue weighted by Gasteiger charge is -2.09. The highest BCUT2D eigenvalue weighted by atomic mass is 35.5. The van der Waals surface area contributed by atoms with Gasteiger partial charge in [0, 0.05) is 16.5 Å². The Morgan fingerprint density at radius 3 is 2.76 bits per heavy atom. The highest BCUT2D eigenvalue weighted by Crippen LogP contribution is 2.35. The topological polar surface area (TPSA) is 92.3 Å². The van der Waals surface area contributed by atoms with Gasteiger partial charge in [-0.25, -0.2) is 12.8 Å². The van der Waals surface area contributed by atoms with Crippen molar-refractivity contribution in [2.24, 2.45) is 5.92 Å². The second kappa shape index (κ2) is 6.89. The van der Waals surface area contributed by atoms with Crippen LogP contribution < -0.4 is 10.9 Å². The Morgan fingerprint density at radius 2 is 2.08 bits per heavy atom. The molecule has 0 bridgehead atoms. The molecule has 6 nitrogen and oxygen atoms in total. The number of benzene rings is 1. The lowest BCUT2D eigenvalue weighted by atomic mass is 10.1. The maximum Gasteiger partial charge on any atom is 0.281 e. The van der Waals surface area contributed by atoms with Gasteiger partial charge in [0.05, 0.1) is 16.5 Å². The van der Waals surface area contributed by atoms with Gasteiger partial charge in [0.25, 0.3) is 5.91 Å². The summed E-state index contributed by atoms with van der Waals surface area (Å²) in [5.74, 6) is -1.68. The minimum Gasteiger partial charge on any atom is -0.273 e. The summed E-state index contributed by atoms with van der Waals surface area (Å²) in [7, 11) is -3.05. The van der Waals surface area contributed by atoms with Crippen LogP contribution in [0.4, 0.5) is 4.39 Å². The van der Waals surface area contributed by atoms with Crippen molar-refractivity contribution >= 4 is 54.7 Å². The van der Waals surface area contributed by atoms with Crippen LogP contribution in [0.25, 0.3) is 10.1 Å². The van der Waals surface area contributed by atoms with Crippen LogP contribution in [0.2, 0.25) is 5.02 Å². The number of carbonyl (C=O) groups excluding carboxylic acids is 2. The maximum atomic E-state index is 13.2. The molecule has 0 radical (unpaired) electrons. The maximum absolute atomic E-state index is 13.2. The number of carbonyl (C=O) groups is 2. The van der Waals surface area contributed by atoms with Crippen LogP contribution in [0.1, 0.15) is 22.5 Å². The molecule has 2 amide bonds. The van der Waals surface area contributed by atoms with Crippen LogP contribution in [0.5, 0.6) is 0 Å². The van der Waals surface area contributed by atoms with Gasteiger partial charge in [0.1, 0.15) is 10.7 Å². The Hall–Kier alpha value is -1.71. The van der Waals surface area contributed by atoms with Crippen LogP contribution in [-0.2, 0) is 14.6 Å². The molecule has 1 aromatic heterocycles. The van der Waals surface area contributed by atoms with Crippen LogP contribution in [0.15, 0.2) is 18.2 Å². The number of hydrogen-bond donors (Lipinski definition) is 2. The molecule has 10 heteroatoms. The quantitative estimate of drug-likeness (QED) is 0.767. The molecule has 0 saturated carbocycles. The molecule has 25 heavy (non-hydrogen) atoms. The number of rotatable bonds is 3. The lowest BCUT2D eigenvalue weighted by molar-refractivity contribution is -0.122. The van der Waals surface area contributed by atoms with E-state index in [9.17, 15) is 22.4 Å². The van der Waals surface area contributed by atoms with Gasteiger partial charge >= 0.3 is 0 Å². The van der Waals surface area contributed by atoms with Gasteiger partial charge in [0.15, 0.2) is 9.84 Å². The Balaban J connectivity index is 1.61. The predicted octanol–water partition coefficient (Wildman–Crippen LogP) is 2.28. The van der Waals surface area contributed by atoms with E-state index < -0.39 is 27.5 Å². The second-order valence-electron chi connectivity index (χ2n) is 5.86. The first-order valence-electron chi connectivity index (χ1n) is 7.42. The van der Waals surface area contributed by atoms with E-state index in [4.69, 9.17) is 11.6 Å². The van der Waals surface area contributed by atoms with Gasteiger partial charge in [-0.2, -0.15) is 0 Å². The second-order valence-corrected chi connectivity index (χ2v) is 9.52. The van der Waals surface area contributed by atoms with Gasteiger partial charge in [0.2, 0.25) is 5.91 Å². The number of sulfone groups is 1. The van der Waals surface area contributed by atoms with E-state index in [1.165, 1.54) is 18.2 Å². The Bertz CT molecular complexity index is 958. The normalized spacial score (nSPS) is 19.0. The minimum atomic E-state index is -3.05. The van der Waals surface area contributed by atoms with Gasteiger partial charge in [-0.3, -0.25) is 20.4 Å². The molecule has 2 aromatic rings. The summed E-state index contributed by atoms with van der Waals surface area (Å²) in [5, 5.41) is 0.745. The number of nitrogens with one attached hydrogen (secondary N) is 2. The summed E-state index contributed by atoms with van der Waals surface area (Å²) in [5.41, 5.74) is 4.51. The number of fused-ring (bicyclic) bond motifs is 1. The number of amides is 2. The van der Waals surface area contributed by atoms with Crippen molar-refractivity contribution in [1.82, 2.24) is 10.9 Å². The van der Waals surface area contributed by atoms with E-state index in [0.29, 0.717) is 16.5 Å². The molecule has 134 valence electrons. The fourth-order valence-electron chi connectivity index (χ4n) is 2.71. The molecule has 0 spiro atoms. The lowest BCUT2D eigenvalue weighted by Crippen LogP contribution is -2.42. The molecular formula is C15H14ClFN2O4S2. The van der Waals surface area contributed by atoms with E-state index in [0.717, 1.165) is 11.3 Å². The zero-order chi connectivity index (χ0) is 18.2. The van der Waals surface area contributed by atoms with E-state index in [1.54, 1.807) is 0 Å². The average Bonchev–Trinajstić information content (AvgIpc) is 3.04. The summed E-state index contributed by atoms with van der Waals surface area (Å²) >= 11 is 7.15. The zero-order valence-corrected chi connectivity index (χ0v) is 15.2. The Labute approximate surface area is 152 Å². The summed E-state index contributed by atoms with van der Waals surface area (Å²) < 4.78 is 36.5. The monoisotopic (exact) mass is 404 g/mol. The first-order chi connectivity index (χ1) is 11.7. The summed E-state index contributed by atoms with van der Waals surface area (Å²) in [6.07, 6.45) is 0.461. The third-order valence-corrected chi connectivity index (χ3v) is 7.41. The van der Waals surface area contributed by atoms with Crippen LogP contribution in [0, 0.1) is 11.7 Å². The molecule has 2 N–H and O–H groups in total. The van der Waals surface area contributed by atoms with E-state index in [2.05, 4.69) is 10.9 Å². The van der Waals surface area contributed by atoms with Gasteiger partial charge in [-0.15, -0.1) is 11.3 Å². The number of hydrazine groups is 1. The molecule has 1 saturated heterocycles. The van der Waals surface area contributed by atoms with Crippen molar-refractivity contribution < 1.29 is 22.4 Å². The SMILES string of the molecule is O=C(C[C@@H]1CCS(=O)(=O)C1)NNC(=O)c1sc2cc(F)ccc2c1Cl. The molecule has 0 aliphatic carbocycles. The molecule has 0 unspecified atom stereocenters. The smallest absolute Gasteiger partial charge is 0.273 e. The molecule has 3 rings (SSSR count). The van der Waals surface area contributed by atoms with E-state index in [-0.39, 0.29) is 33.7 Å². The van der Waals surface area contributed by atoms with Gasteiger partial charge in [-0.05, 0) is 30.5 Å². The van der Waals surface area contributed by atoms with Crippen LogP contribution >= 0.6 is 22.9 Å². The van der Waals surface area contributed by atoms with E-state index >= 15 is 0 Å². The summed E-state index contributed by atoms with van der Waals surface area (Å²) in [6, 6.07) is 4.02. The van der Waals surface area contributed by atoms with Gasteiger partial charge in [-0.1, -0.05) is 11.6 Å². The number of halogens is 2. The number of thiophene rings is 1. The Morgan fingerprint density at radius 1 is 1.32 bits per heavy atom.